The molecule has 20 heavy (non-hydrogen) atoms. The van der Waals surface area contributed by atoms with Crippen molar-refractivity contribution < 1.29 is 4.79 Å². The van der Waals surface area contributed by atoms with Gasteiger partial charge in [0.05, 0.1) is 22.8 Å². The van der Waals surface area contributed by atoms with Gasteiger partial charge in [-0.2, -0.15) is 5.10 Å². The van der Waals surface area contributed by atoms with Gasteiger partial charge in [0.2, 0.25) is 5.91 Å². The number of hydrogen-bond donors (Lipinski definition) is 3. The van der Waals surface area contributed by atoms with Crippen molar-refractivity contribution in [2.24, 2.45) is 0 Å². The molecule has 0 aliphatic rings. The molecule has 0 aliphatic carbocycles. The van der Waals surface area contributed by atoms with Crippen LogP contribution < -0.4 is 11.1 Å². The minimum Gasteiger partial charge on any atom is -0.398 e. The maximum atomic E-state index is 11.9. The van der Waals surface area contributed by atoms with E-state index in [0.29, 0.717) is 10.7 Å². The van der Waals surface area contributed by atoms with Crippen LogP contribution in [0.3, 0.4) is 0 Å². The molecular formula is C13H15ClN4OS. The number of nitrogens with zero attached hydrogens (tertiary/aromatic N) is 1. The maximum Gasteiger partial charge on any atom is 0.234 e. The fourth-order valence-corrected chi connectivity index (χ4v) is 2.63. The Morgan fingerprint density at radius 3 is 2.85 bits per heavy atom. The average molecular weight is 311 g/mol. The average Bonchev–Trinajstić information content (AvgIpc) is 2.69. The highest BCUT2D eigenvalue weighted by Crippen LogP contribution is 2.27. The van der Waals surface area contributed by atoms with Crippen molar-refractivity contribution in [3.8, 4) is 0 Å². The van der Waals surface area contributed by atoms with Crippen LogP contribution in [0.2, 0.25) is 5.02 Å². The Labute approximate surface area is 126 Å². The van der Waals surface area contributed by atoms with E-state index in [-0.39, 0.29) is 11.7 Å². The molecule has 5 nitrogen and oxygen atoms in total. The van der Waals surface area contributed by atoms with E-state index >= 15 is 0 Å². The lowest BCUT2D eigenvalue weighted by atomic mass is 10.3. The predicted molar refractivity (Wildman–Crippen MR) is 83.3 cm³/mol. The first-order chi connectivity index (χ1) is 9.47. The van der Waals surface area contributed by atoms with Gasteiger partial charge in [0.25, 0.3) is 0 Å². The first-order valence-corrected chi connectivity index (χ1v) is 7.33. The van der Waals surface area contributed by atoms with Gasteiger partial charge in [-0.1, -0.05) is 11.6 Å². The number of rotatable bonds is 4. The SMILES string of the molecule is Cc1n[nH]c(C)c1NC(=O)CSc1ccc(Cl)cc1N. The first-order valence-electron chi connectivity index (χ1n) is 5.96. The second-order valence-electron chi connectivity index (χ2n) is 4.33. The summed E-state index contributed by atoms with van der Waals surface area (Å²) >= 11 is 7.20. The molecule has 0 radical (unpaired) electrons. The Bertz CT molecular complexity index is 622. The lowest BCUT2D eigenvalue weighted by Gasteiger charge is -2.07. The van der Waals surface area contributed by atoms with E-state index in [1.54, 1.807) is 12.1 Å². The van der Waals surface area contributed by atoms with Gasteiger partial charge in [-0.25, -0.2) is 0 Å². The highest BCUT2D eigenvalue weighted by atomic mass is 35.5. The summed E-state index contributed by atoms with van der Waals surface area (Å²) in [6, 6.07) is 5.23. The van der Waals surface area contributed by atoms with Crippen molar-refractivity contribution in [3.63, 3.8) is 0 Å². The molecule has 106 valence electrons. The first kappa shape index (κ1) is 14.7. The third kappa shape index (κ3) is 3.46. The van der Waals surface area contributed by atoms with Crippen molar-refractivity contribution in [3.05, 3.63) is 34.6 Å². The van der Waals surface area contributed by atoms with E-state index < -0.39 is 0 Å². The van der Waals surface area contributed by atoms with Gasteiger partial charge in [-0.15, -0.1) is 11.8 Å². The van der Waals surface area contributed by atoms with Crippen LogP contribution in [0.15, 0.2) is 23.1 Å². The number of benzene rings is 1. The Morgan fingerprint density at radius 2 is 2.25 bits per heavy atom. The second-order valence-corrected chi connectivity index (χ2v) is 5.78. The molecule has 1 aromatic heterocycles. The summed E-state index contributed by atoms with van der Waals surface area (Å²) in [7, 11) is 0. The molecule has 0 atom stereocenters. The fraction of sp³-hybridized carbons (Fsp3) is 0.231. The zero-order chi connectivity index (χ0) is 14.7. The molecule has 0 spiro atoms. The number of halogens is 1. The Morgan fingerprint density at radius 1 is 1.50 bits per heavy atom. The number of aryl methyl sites for hydroxylation is 2. The lowest BCUT2D eigenvalue weighted by molar-refractivity contribution is -0.113. The third-order valence-corrected chi connectivity index (χ3v) is 4.05. The summed E-state index contributed by atoms with van der Waals surface area (Å²) in [5.41, 5.74) is 8.76. The van der Waals surface area contributed by atoms with Crippen molar-refractivity contribution >= 4 is 40.6 Å². The van der Waals surface area contributed by atoms with Crippen LogP contribution >= 0.6 is 23.4 Å². The van der Waals surface area contributed by atoms with E-state index in [1.807, 2.05) is 19.9 Å². The van der Waals surface area contributed by atoms with Gasteiger partial charge in [-0.05, 0) is 32.0 Å². The zero-order valence-electron chi connectivity index (χ0n) is 11.2. The molecule has 1 aromatic carbocycles. The van der Waals surface area contributed by atoms with Crippen molar-refractivity contribution in [2.45, 2.75) is 18.7 Å². The number of amides is 1. The molecule has 2 aromatic rings. The largest absolute Gasteiger partial charge is 0.398 e. The molecule has 0 bridgehead atoms. The molecule has 0 unspecified atom stereocenters. The highest BCUT2D eigenvalue weighted by molar-refractivity contribution is 8.00. The van der Waals surface area contributed by atoms with Crippen LogP contribution in [0.25, 0.3) is 0 Å². The van der Waals surface area contributed by atoms with Crippen LogP contribution in [-0.4, -0.2) is 21.9 Å². The highest BCUT2D eigenvalue weighted by Gasteiger charge is 2.11. The van der Waals surface area contributed by atoms with E-state index in [9.17, 15) is 4.79 Å². The molecule has 0 saturated carbocycles. The van der Waals surface area contributed by atoms with Gasteiger partial charge in [-0.3, -0.25) is 9.89 Å². The zero-order valence-corrected chi connectivity index (χ0v) is 12.7. The summed E-state index contributed by atoms with van der Waals surface area (Å²) in [5, 5.41) is 10.3. The number of H-pyrrole nitrogens is 1. The molecule has 4 N–H and O–H groups in total. The number of nitrogen functional groups attached to an aromatic ring is 1. The molecule has 1 heterocycles. The van der Waals surface area contributed by atoms with Gasteiger partial charge in [0, 0.05) is 15.6 Å². The van der Waals surface area contributed by atoms with Crippen LogP contribution in [0, 0.1) is 13.8 Å². The molecule has 0 saturated heterocycles. The van der Waals surface area contributed by atoms with Crippen molar-refractivity contribution in [1.29, 1.82) is 0 Å². The monoisotopic (exact) mass is 310 g/mol. The van der Waals surface area contributed by atoms with Crippen molar-refractivity contribution in [2.75, 3.05) is 16.8 Å². The normalized spacial score (nSPS) is 10.6. The molecule has 1 amide bonds. The second kappa shape index (κ2) is 6.19. The number of carbonyl (C=O) groups is 1. The standard InChI is InChI=1S/C13H15ClN4OS/c1-7-13(8(2)18-17-7)16-12(19)6-20-11-4-3-9(14)5-10(11)15/h3-5H,6,15H2,1-2H3,(H,16,19)(H,17,18). The van der Waals surface area contributed by atoms with E-state index in [4.69, 9.17) is 17.3 Å². The summed E-state index contributed by atoms with van der Waals surface area (Å²) in [6.45, 7) is 3.70. The van der Waals surface area contributed by atoms with Crippen molar-refractivity contribution in [1.82, 2.24) is 10.2 Å². The minimum atomic E-state index is -0.100. The predicted octanol–water partition coefficient (Wildman–Crippen LogP) is 2.99. The quantitative estimate of drug-likeness (QED) is 0.599. The molecule has 7 heteroatoms. The third-order valence-electron chi connectivity index (χ3n) is 2.72. The Hall–Kier alpha value is -1.66. The number of nitrogens with two attached hydrogens (primary N) is 1. The summed E-state index contributed by atoms with van der Waals surface area (Å²) in [5.74, 6) is 0.174. The number of aromatic nitrogens is 2. The topological polar surface area (TPSA) is 83.8 Å². The lowest BCUT2D eigenvalue weighted by Crippen LogP contribution is -2.15. The number of nitrogens with one attached hydrogen (secondary N) is 2. The Balaban J connectivity index is 1.96. The van der Waals surface area contributed by atoms with Crippen LogP contribution in [0.1, 0.15) is 11.4 Å². The van der Waals surface area contributed by atoms with E-state index in [1.165, 1.54) is 11.8 Å². The van der Waals surface area contributed by atoms with Gasteiger partial charge < -0.3 is 11.1 Å². The summed E-state index contributed by atoms with van der Waals surface area (Å²) in [4.78, 5) is 12.8. The minimum absolute atomic E-state index is 0.100. The molecule has 2 rings (SSSR count). The molecule has 0 aliphatic heterocycles. The number of aromatic amines is 1. The summed E-state index contributed by atoms with van der Waals surface area (Å²) in [6.07, 6.45) is 0. The number of carbonyl (C=O) groups excluding carboxylic acids is 1. The number of thioether (sulfide) groups is 1. The van der Waals surface area contributed by atoms with Gasteiger partial charge in [0.1, 0.15) is 0 Å². The van der Waals surface area contributed by atoms with E-state index in [2.05, 4.69) is 15.5 Å². The van der Waals surface area contributed by atoms with Crippen LogP contribution in [0.4, 0.5) is 11.4 Å². The Kier molecular flexibility index (Phi) is 4.57. The smallest absolute Gasteiger partial charge is 0.234 e. The van der Waals surface area contributed by atoms with Gasteiger partial charge in [0.15, 0.2) is 0 Å². The summed E-state index contributed by atoms with van der Waals surface area (Å²) < 4.78 is 0. The number of hydrogen-bond acceptors (Lipinski definition) is 4. The van der Waals surface area contributed by atoms with Crippen LogP contribution in [0.5, 0.6) is 0 Å². The van der Waals surface area contributed by atoms with E-state index in [0.717, 1.165) is 22.0 Å². The number of anilines is 2. The molecule has 0 fully saturated rings. The van der Waals surface area contributed by atoms with Gasteiger partial charge >= 0.3 is 0 Å². The molecular weight excluding hydrogens is 296 g/mol. The fourth-order valence-electron chi connectivity index (χ4n) is 1.70. The van der Waals surface area contributed by atoms with Crippen LogP contribution in [-0.2, 0) is 4.79 Å². The maximum absolute atomic E-state index is 11.9.